The molecule has 0 fully saturated rings. The van der Waals surface area contributed by atoms with Gasteiger partial charge >= 0.3 is 5.97 Å². The number of esters is 1. The first-order valence-corrected chi connectivity index (χ1v) is 8.82. The molecule has 0 aliphatic carbocycles. The zero-order valence-electron chi connectivity index (χ0n) is 15.5. The summed E-state index contributed by atoms with van der Waals surface area (Å²) in [5.41, 5.74) is 3.16. The number of hydrogen-bond donors (Lipinski definition) is 0. The number of carbonyl (C=O) groups is 1. The van der Waals surface area contributed by atoms with Gasteiger partial charge in [0.1, 0.15) is 5.75 Å². The topological polar surface area (TPSA) is 47.9 Å². The highest BCUT2D eigenvalue weighted by atomic mass is 16.6. The number of hydrogen-bond acceptors (Lipinski definition) is 4. The Morgan fingerprint density at radius 2 is 1.77 bits per heavy atom. The summed E-state index contributed by atoms with van der Waals surface area (Å²) in [5, 5.41) is 0. The van der Waals surface area contributed by atoms with Crippen LogP contribution in [0.5, 0.6) is 5.75 Å². The number of carbonyl (C=O) groups excluding carboxylic acids is 1. The van der Waals surface area contributed by atoms with Crippen LogP contribution in [0.2, 0.25) is 0 Å². The second kappa shape index (κ2) is 7.56. The molecule has 4 heteroatoms. The highest BCUT2D eigenvalue weighted by Gasteiger charge is 2.24. The Balaban J connectivity index is 1.84. The first-order chi connectivity index (χ1) is 12.4. The van der Waals surface area contributed by atoms with E-state index >= 15 is 0 Å². The molecule has 0 atom stereocenters. The Morgan fingerprint density at radius 3 is 2.42 bits per heavy atom. The maximum Gasteiger partial charge on any atom is 0.363 e. The molecule has 1 aliphatic heterocycles. The van der Waals surface area contributed by atoms with Gasteiger partial charge in [0.15, 0.2) is 5.70 Å². The normalized spacial score (nSPS) is 15.5. The van der Waals surface area contributed by atoms with Crippen LogP contribution in [0.1, 0.15) is 50.3 Å². The molecule has 134 valence electrons. The Bertz CT molecular complexity index is 861. The summed E-state index contributed by atoms with van der Waals surface area (Å²) < 4.78 is 11.0. The fraction of sp³-hybridized carbons (Fsp3) is 0.273. The number of rotatable bonds is 5. The Morgan fingerprint density at radius 1 is 1.04 bits per heavy atom. The molecule has 2 aromatic rings. The van der Waals surface area contributed by atoms with E-state index in [9.17, 15) is 4.79 Å². The average molecular weight is 349 g/mol. The lowest BCUT2D eigenvalue weighted by atomic mass is 10.0. The molecule has 2 aromatic carbocycles. The second-order valence-corrected chi connectivity index (χ2v) is 6.85. The van der Waals surface area contributed by atoms with Crippen molar-refractivity contribution in [2.75, 3.05) is 0 Å². The molecule has 1 heterocycles. The van der Waals surface area contributed by atoms with Crippen LogP contribution < -0.4 is 4.74 Å². The Hall–Kier alpha value is -2.88. The van der Waals surface area contributed by atoms with Gasteiger partial charge in [-0.25, -0.2) is 9.79 Å². The second-order valence-electron chi connectivity index (χ2n) is 6.85. The number of nitrogens with zero attached hydrogens (tertiary/aromatic N) is 1. The predicted molar refractivity (Wildman–Crippen MR) is 103 cm³/mol. The minimum Gasteiger partial charge on any atom is -0.491 e. The van der Waals surface area contributed by atoms with Crippen molar-refractivity contribution < 1.29 is 14.3 Å². The number of ether oxygens (including phenoxy) is 2. The van der Waals surface area contributed by atoms with Crippen molar-refractivity contribution in [3.8, 4) is 5.75 Å². The highest BCUT2D eigenvalue weighted by Crippen LogP contribution is 2.23. The molecule has 0 aromatic heterocycles. The van der Waals surface area contributed by atoms with Gasteiger partial charge < -0.3 is 9.47 Å². The fourth-order valence-corrected chi connectivity index (χ4v) is 2.65. The van der Waals surface area contributed by atoms with Crippen molar-refractivity contribution in [3.63, 3.8) is 0 Å². The van der Waals surface area contributed by atoms with E-state index in [0.717, 1.165) is 16.9 Å². The molecule has 0 bridgehead atoms. The maximum absolute atomic E-state index is 12.2. The first kappa shape index (κ1) is 17.9. The zero-order chi connectivity index (χ0) is 18.7. The molecule has 26 heavy (non-hydrogen) atoms. The SMILES string of the molecule is CC(C)Oc1cccc(/C=C2\N=C(c3ccc(C(C)C)cc3)OC2=O)c1. The summed E-state index contributed by atoms with van der Waals surface area (Å²) in [6.45, 7) is 8.22. The van der Waals surface area contributed by atoms with Gasteiger partial charge in [-0.3, -0.25) is 0 Å². The lowest BCUT2D eigenvalue weighted by molar-refractivity contribution is -0.129. The van der Waals surface area contributed by atoms with Crippen LogP contribution in [0, 0.1) is 0 Å². The third-order valence-corrected chi connectivity index (χ3v) is 3.98. The number of benzene rings is 2. The van der Waals surface area contributed by atoms with Crippen LogP contribution >= 0.6 is 0 Å². The monoisotopic (exact) mass is 349 g/mol. The summed E-state index contributed by atoms with van der Waals surface area (Å²) >= 11 is 0. The molecule has 0 N–H and O–H groups in total. The van der Waals surface area contributed by atoms with Crippen LogP contribution in [-0.4, -0.2) is 18.0 Å². The van der Waals surface area contributed by atoms with E-state index in [2.05, 4.69) is 18.8 Å². The standard InChI is InChI=1S/C22H23NO3/c1-14(2)17-8-10-18(11-9-17)21-23-20(22(24)26-21)13-16-6-5-7-19(12-16)25-15(3)4/h5-15H,1-4H3/b20-13-. The van der Waals surface area contributed by atoms with Gasteiger partial charge in [0, 0.05) is 5.56 Å². The van der Waals surface area contributed by atoms with E-state index in [1.54, 1.807) is 6.08 Å². The van der Waals surface area contributed by atoms with E-state index in [-0.39, 0.29) is 11.8 Å². The Labute approximate surface area is 154 Å². The lowest BCUT2D eigenvalue weighted by Crippen LogP contribution is -2.06. The van der Waals surface area contributed by atoms with Gasteiger partial charge in [-0.15, -0.1) is 0 Å². The van der Waals surface area contributed by atoms with Gasteiger partial charge in [-0.2, -0.15) is 0 Å². The van der Waals surface area contributed by atoms with E-state index < -0.39 is 5.97 Å². The maximum atomic E-state index is 12.2. The van der Waals surface area contributed by atoms with Gasteiger partial charge in [0.25, 0.3) is 0 Å². The molecular formula is C22H23NO3. The van der Waals surface area contributed by atoms with E-state index in [1.807, 2.05) is 62.4 Å². The van der Waals surface area contributed by atoms with Crippen molar-refractivity contribution in [3.05, 3.63) is 70.9 Å². The molecule has 0 radical (unpaired) electrons. The van der Waals surface area contributed by atoms with Crippen molar-refractivity contribution >= 4 is 17.9 Å². The van der Waals surface area contributed by atoms with Gasteiger partial charge in [0.2, 0.25) is 5.90 Å². The van der Waals surface area contributed by atoms with Gasteiger partial charge in [0.05, 0.1) is 6.10 Å². The summed E-state index contributed by atoms with van der Waals surface area (Å²) in [6, 6.07) is 15.5. The van der Waals surface area contributed by atoms with Crippen molar-refractivity contribution in [1.29, 1.82) is 0 Å². The molecule has 1 aliphatic rings. The van der Waals surface area contributed by atoms with Crippen LogP contribution in [0.15, 0.2) is 59.2 Å². The summed E-state index contributed by atoms with van der Waals surface area (Å²) in [7, 11) is 0. The summed E-state index contributed by atoms with van der Waals surface area (Å²) in [5.74, 6) is 1.11. The summed E-state index contributed by atoms with van der Waals surface area (Å²) in [6.07, 6.45) is 1.80. The molecule has 3 rings (SSSR count). The molecule has 0 saturated heterocycles. The van der Waals surface area contributed by atoms with Crippen LogP contribution in [0.4, 0.5) is 0 Å². The van der Waals surface area contributed by atoms with E-state index in [1.165, 1.54) is 5.56 Å². The van der Waals surface area contributed by atoms with Crippen LogP contribution in [-0.2, 0) is 9.53 Å². The first-order valence-electron chi connectivity index (χ1n) is 8.82. The lowest BCUT2D eigenvalue weighted by Gasteiger charge is -2.09. The fourth-order valence-electron chi connectivity index (χ4n) is 2.65. The minimum atomic E-state index is -0.442. The minimum absolute atomic E-state index is 0.0905. The smallest absolute Gasteiger partial charge is 0.363 e. The molecule has 0 unspecified atom stereocenters. The summed E-state index contributed by atoms with van der Waals surface area (Å²) in [4.78, 5) is 16.5. The van der Waals surface area contributed by atoms with Crippen molar-refractivity contribution in [2.24, 2.45) is 4.99 Å². The van der Waals surface area contributed by atoms with Crippen molar-refractivity contribution in [2.45, 2.75) is 39.7 Å². The third kappa shape index (κ3) is 4.20. The van der Waals surface area contributed by atoms with Crippen molar-refractivity contribution in [1.82, 2.24) is 0 Å². The van der Waals surface area contributed by atoms with Gasteiger partial charge in [-0.05, 0) is 61.2 Å². The molecule has 4 nitrogen and oxygen atoms in total. The Kier molecular flexibility index (Phi) is 5.21. The molecular weight excluding hydrogens is 326 g/mol. The van der Waals surface area contributed by atoms with Gasteiger partial charge in [-0.1, -0.05) is 38.1 Å². The quantitative estimate of drug-likeness (QED) is 0.567. The van der Waals surface area contributed by atoms with Crippen LogP contribution in [0.25, 0.3) is 6.08 Å². The predicted octanol–water partition coefficient (Wildman–Crippen LogP) is 4.94. The molecule has 0 amide bonds. The molecule has 0 spiro atoms. The zero-order valence-corrected chi connectivity index (χ0v) is 15.5. The molecule has 0 saturated carbocycles. The number of aliphatic imine (C=N–C) groups is 1. The number of cyclic esters (lactones) is 1. The highest BCUT2D eigenvalue weighted by molar-refractivity contribution is 6.12. The largest absolute Gasteiger partial charge is 0.491 e. The van der Waals surface area contributed by atoms with E-state index in [0.29, 0.717) is 11.8 Å². The average Bonchev–Trinajstić information content (AvgIpc) is 2.95. The van der Waals surface area contributed by atoms with E-state index in [4.69, 9.17) is 9.47 Å². The third-order valence-electron chi connectivity index (χ3n) is 3.98. The van der Waals surface area contributed by atoms with Crippen LogP contribution in [0.3, 0.4) is 0 Å².